The summed E-state index contributed by atoms with van der Waals surface area (Å²) in [5, 5.41) is 94.2. The number of aliphatic hydroxyl groups excluding tert-OH is 6. The molecule has 9 N–H and O–H groups in total. The van der Waals surface area contributed by atoms with E-state index in [1.807, 2.05) is 13.8 Å². The van der Waals surface area contributed by atoms with E-state index in [-0.39, 0.29) is 35.5 Å². The van der Waals surface area contributed by atoms with Gasteiger partial charge in [-0.05, 0) is 44.9 Å². The van der Waals surface area contributed by atoms with Gasteiger partial charge in [-0.25, -0.2) is 0 Å². The van der Waals surface area contributed by atoms with E-state index in [1.165, 1.54) is 19.1 Å². The van der Waals surface area contributed by atoms with Crippen molar-refractivity contribution in [3.05, 3.63) is 52.6 Å². The summed E-state index contributed by atoms with van der Waals surface area (Å²) in [7, 11) is 0. The lowest BCUT2D eigenvalue weighted by molar-refractivity contribution is -0.318. The minimum Gasteiger partial charge on any atom is -0.508 e. The molecule has 0 spiro atoms. The number of carbonyl (C=O) groups is 1. The van der Waals surface area contributed by atoms with Crippen LogP contribution in [0.4, 0.5) is 0 Å². The van der Waals surface area contributed by atoms with E-state index in [9.17, 15) is 50.8 Å². The van der Waals surface area contributed by atoms with Gasteiger partial charge in [0.2, 0.25) is 12.0 Å². The van der Waals surface area contributed by atoms with Crippen LogP contribution >= 0.6 is 0 Å². The van der Waals surface area contributed by atoms with Gasteiger partial charge in [-0.15, -0.1) is 0 Å². The maximum atomic E-state index is 13.7. The van der Waals surface area contributed by atoms with Crippen LogP contribution in [0, 0.1) is 0 Å². The van der Waals surface area contributed by atoms with Crippen molar-refractivity contribution in [3.63, 3.8) is 0 Å². The molecule has 5 rings (SSSR count). The Morgan fingerprint density at radius 2 is 1.49 bits per heavy atom. The number of ether oxygens (including phenoxy) is 5. The quantitative estimate of drug-likeness (QED) is 0.134. The first-order valence-corrected chi connectivity index (χ1v) is 15.1. The minimum atomic E-state index is -1.93. The van der Waals surface area contributed by atoms with Gasteiger partial charge in [0, 0.05) is 5.56 Å². The molecule has 3 aliphatic heterocycles. The summed E-state index contributed by atoms with van der Waals surface area (Å²) in [6, 6.07) is 6.02. The summed E-state index contributed by atoms with van der Waals surface area (Å²) < 4.78 is 28.6. The molecule has 0 saturated carbocycles. The van der Waals surface area contributed by atoms with Crippen LogP contribution in [-0.4, -0.2) is 120 Å². The monoisotopic (exact) mass is 664 g/mol. The van der Waals surface area contributed by atoms with Crippen LogP contribution in [-0.2, 0) is 20.6 Å². The molecule has 15 heteroatoms. The molecule has 11 atom stereocenters. The number of carbonyl (C=O) groups excluding carboxylic acids is 1. The molecule has 0 aromatic heterocycles. The van der Waals surface area contributed by atoms with E-state index >= 15 is 0 Å². The van der Waals surface area contributed by atoms with Crippen LogP contribution < -0.4 is 9.47 Å². The molecule has 2 saturated heterocycles. The van der Waals surface area contributed by atoms with Crippen molar-refractivity contribution in [3.8, 4) is 28.7 Å². The highest BCUT2D eigenvalue weighted by atomic mass is 16.7. The Morgan fingerprint density at radius 1 is 0.851 bits per heavy atom. The first-order valence-electron chi connectivity index (χ1n) is 15.1. The van der Waals surface area contributed by atoms with Crippen molar-refractivity contribution in [2.45, 2.75) is 101 Å². The number of Topliss-reactive ketones (excluding diaryl/α,β-unsaturated/α-hetero) is 1. The van der Waals surface area contributed by atoms with E-state index in [1.54, 1.807) is 18.2 Å². The number of hydrogen-bond donors (Lipinski definition) is 9. The Balaban J connectivity index is 1.45. The maximum absolute atomic E-state index is 13.7. The first kappa shape index (κ1) is 34.8. The summed E-state index contributed by atoms with van der Waals surface area (Å²) in [5.41, 5.74) is 1.26. The van der Waals surface area contributed by atoms with Gasteiger partial charge < -0.3 is 69.6 Å². The normalized spacial score (nSPS) is 33.9. The SMILES string of the molecule is CC(C)=CCc1c(O)c(O)c(OC2OC(COC3OC(C)C(O)C(O)C3O)C(O)C(O)C2O)c2c1OC(c1ccc(O)cc1)CC2=O. The van der Waals surface area contributed by atoms with E-state index in [2.05, 4.69) is 0 Å². The summed E-state index contributed by atoms with van der Waals surface area (Å²) in [4.78, 5) is 13.7. The second kappa shape index (κ2) is 13.9. The van der Waals surface area contributed by atoms with Crippen molar-refractivity contribution >= 4 is 5.78 Å². The van der Waals surface area contributed by atoms with Gasteiger partial charge in [0.05, 0.1) is 19.1 Å². The second-order valence-electron chi connectivity index (χ2n) is 12.2. The summed E-state index contributed by atoms with van der Waals surface area (Å²) in [5.74, 6) is -2.76. The predicted molar refractivity (Wildman–Crippen MR) is 159 cm³/mol. The summed E-state index contributed by atoms with van der Waals surface area (Å²) in [6.45, 7) is 4.51. The zero-order valence-electron chi connectivity index (χ0n) is 25.8. The molecule has 3 aliphatic rings. The zero-order chi connectivity index (χ0) is 34.3. The zero-order valence-corrected chi connectivity index (χ0v) is 25.8. The molecule has 0 bridgehead atoms. The van der Waals surface area contributed by atoms with Gasteiger partial charge in [-0.1, -0.05) is 23.8 Å². The third-order valence-electron chi connectivity index (χ3n) is 8.48. The highest BCUT2D eigenvalue weighted by Gasteiger charge is 2.48. The third-order valence-corrected chi connectivity index (χ3v) is 8.48. The smallest absolute Gasteiger partial charge is 0.229 e. The number of ketones is 1. The summed E-state index contributed by atoms with van der Waals surface area (Å²) >= 11 is 0. The number of aromatic hydroxyl groups is 3. The van der Waals surface area contributed by atoms with Gasteiger partial charge in [-0.3, -0.25) is 4.79 Å². The molecular weight excluding hydrogens is 624 g/mol. The molecule has 11 unspecified atom stereocenters. The average Bonchev–Trinajstić information content (AvgIpc) is 3.03. The molecule has 0 aliphatic carbocycles. The number of phenols is 3. The average molecular weight is 665 g/mol. The lowest BCUT2D eigenvalue weighted by Crippen LogP contribution is -2.61. The number of fused-ring (bicyclic) bond motifs is 1. The van der Waals surface area contributed by atoms with Gasteiger partial charge >= 0.3 is 0 Å². The van der Waals surface area contributed by atoms with Crippen molar-refractivity contribution in [1.29, 1.82) is 0 Å². The van der Waals surface area contributed by atoms with Crippen molar-refractivity contribution in [2.75, 3.05) is 6.61 Å². The van der Waals surface area contributed by atoms with Crippen molar-refractivity contribution in [2.24, 2.45) is 0 Å². The molecule has 47 heavy (non-hydrogen) atoms. The lowest BCUT2D eigenvalue weighted by Gasteiger charge is -2.42. The van der Waals surface area contributed by atoms with E-state index < -0.39 is 97.2 Å². The Bertz CT molecular complexity index is 1470. The number of phenolic OH excluding ortho intramolecular Hbond substituents is 3. The Morgan fingerprint density at radius 3 is 2.15 bits per heavy atom. The van der Waals surface area contributed by atoms with Crippen LogP contribution in [0.25, 0.3) is 0 Å². The molecule has 258 valence electrons. The topological polar surface area (TPSA) is 245 Å². The maximum Gasteiger partial charge on any atom is 0.229 e. The van der Waals surface area contributed by atoms with Gasteiger partial charge in [-0.2, -0.15) is 0 Å². The Hall–Kier alpha value is -3.51. The fourth-order valence-corrected chi connectivity index (χ4v) is 5.66. The second-order valence-corrected chi connectivity index (χ2v) is 12.2. The van der Waals surface area contributed by atoms with E-state index in [0.29, 0.717) is 5.56 Å². The number of rotatable bonds is 8. The van der Waals surface area contributed by atoms with Crippen LogP contribution in [0.3, 0.4) is 0 Å². The fourth-order valence-electron chi connectivity index (χ4n) is 5.66. The van der Waals surface area contributed by atoms with E-state index in [0.717, 1.165) is 5.57 Å². The first-order chi connectivity index (χ1) is 22.2. The Labute approximate surface area is 269 Å². The lowest BCUT2D eigenvalue weighted by atomic mass is 9.91. The largest absolute Gasteiger partial charge is 0.508 e. The highest BCUT2D eigenvalue weighted by Crippen LogP contribution is 2.52. The van der Waals surface area contributed by atoms with Gasteiger partial charge in [0.1, 0.15) is 65.9 Å². The number of allylic oxidation sites excluding steroid dienone is 2. The Kier molecular flexibility index (Phi) is 10.3. The highest BCUT2D eigenvalue weighted by molar-refractivity contribution is 6.04. The van der Waals surface area contributed by atoms with Crippen molar-refractivity contribution in [1.82, 2.24) is 0 Å². The van der Waals surface area contributed by atoms with Crippen LogP contribution in [0.2, 0.25) is 0 Å². The molecule has 0 radical (unpaired) electrons. The van der Waals surface area contributed by atoms with Gasteiger partial charge in [0.25, 0.3) is 0 Å². The predicted octanol–water partition coefficient (Wildman–Crippen LogP) is 0.0491. The molecule has 2 aromatic carbocycles. The van der Waals surface area contributed by atoms with E-state index in [4.69, 9.17) is 23.7 Å². The molecule has 3 heterocycles. The molecule has 15 nitrogen and oxygen atoms in total. The summed E-state index contributed by atoms with van der Waals surface area (Å²) in [6.07, 6.45) is -15.1. The minimum absolute atomic E-state index is 0.00855. The number of hydrogen-bond acceptors (Lipinski definition) is 15. The van der Waals surface area contributed by atoms with Crippen molar-refractivity contribution < 1.29 is 74.4 Å². The van der Waals surface area contributed by atoms with Crippen LogP contribution in [0.15, 0.2) is 35.9 Å². The number of benzene rings is 2. The molecule has 0 amide bonds. The molecule has 2 fully saturated rings. The fraction of sp³-hybridized carbons (Fsp3) is 0.531. The van der Waals surface area contributed by atoms with Gasteiger partial charge in [0.15, 0.2) is 23.6 Å². The third kappa shape index (κ3) is 6.90. The molecular formula is C32H40O15. The van der Waals surface area contributed by atoms with Crippen LogP contribution in [0.5, 0.6) is 28.7 Å². The number of aliphatic hydroxyl groups is 6. The molecule has 2 aromatic rings. The van der Waals surface area contributed by atoms with Crippen LogP contribution in [0.1, 0.15) is 54.8 Å². The standard InChI is InChI=1S/C32H40O15/c1-12(2)4-9-16-22(36)26(40)30(20-17(34)10-18(45-29(16)20)14-5-7-15(33)8-6-14)47-32-28(42)25(39)23(37)19(46-32)11-43-31-27(41)24(38)21(35)13(3)44-31/h4-8,13,18-19,21,23-25,27-28,31-33,35-42H,9-11H2,1-3H3.